The third-order valence-electron chi connectivity index (χ3n) is 2.81. The summed E-state index contributed by atoms with van der Waals surface area (Å²) in [6.45, 7) is 1.56. The van der Waals surface area contributed by atoms with E-state index in [-0.39, 0.29) is 11.5 Å². The largest absolute Gasteiger partial charge is 0.384 e. The number of nitrogens with zero attached hydrogens (tertiary/aromatic N) is 2. The van der Waals surface area contributed by atoms with Crippen molar-refractivity contribution >= 4 is 10.0 Å². The molecule has 0 radical (unpaired) electrons. The van der Waals surface area contributed by atoms with Gasteiger partial charge in [-0.3, -0.25) is 0 Å². The van der Waals surface area contributed by atoms with Crippen molar-refractivity contribution in [3.63, 3.8) is 0 Å². The first-order chi connectivity index (χ1) is 8.46. The summed E-state index contributed by atoms with van der Waals surface area (Å²) >= 11 is 0. The Balaban J connectivity index is 2.58. The van der Waals surface area contributed by atoms with Gasteiger partial charge in [0.1, 0.15) is 23.9 Å². The number of benzene rings is 1. The zero-order valence-corrected chi connectivity index (χ0v) is 11.1. The van der Waals surface area contributed by atoms with Crippen molar-refractivity contribution in [2.45, 2.75) is 18.4 Å². The van der Waals surface area contributed by atoms with Gasteiger partial charge in [0.05, 0.1) is 7.05 Å². The lowest BCUT2D eigenvalue weighted by atomic mass is 10.2. The van der Waals surface area contributed by atoms with Gasteiger partial charge < -0.3 is 5.11 Å². The number of hydrogen-bond donors (Lipinski definition) is 1. The molecule has 96 valence electrons. The lowest BCUT2D eigenvalue weighted by Crippen LogP contribution is -2.33. The van der Waals surface area contributed by atoms with E-state index in [2.05, 4.69) is 0 Å². The Labute approximate surface area is 106 Å². The molecule has 1 N–H and O–H groups in total. The SMILES string of the molecule is Cc1ccc(S(=O)(=O)n2cc[n+](C)c2CO)cc1. The Morgan fingerprint density at radius 2 is 1.89 bits per heavy atom. The van der Waals surface area contributed by atoms with E-state index in [1.807, 2.05) is 6.92 Å². The van der Waals surface area contributed by atoms with Crippen LogP contribution in [0.5, 0.6) is 0 Å². The average Bonchev–Trinajstić information content (AvgIpc) is 2.71. The van der Waals surface area contributed by atoms with Gasteiger partial charge in [0.2, 0.25) is 0 Å². The molecule has 0 fully saturated rings. The minimum atomic E-state index is -3.64. The fraction of sp³-hybridized carbons (Fsp3) is 0.250. The van der Waals surface area contributed by atoms with Crippen molar-refractivity contribution in [3.8, 4) is 0 Å². The number of aliphatic hydroxyl groups excluding tert-OH is 1. The molecule has 0 amide bonds. The number of imidazole rings is 1. The van der Waals surface area contributed by atoms with Gasteiger partial charge in [0.25, 0.3) is 5.82 Å². The fourth-order valence-electron chi connectivity index (χ4n) is 1.71. The molecule has 0 unspecified atom stereocenters. The Hall–Kier alpha value is -1.66. The minimum Gasteiger partial charge on any atom is -0.384 e. The molecule has 1 aromatic heterocycles. The quantitative estimate of drug-likeness (QED) is 0.816. The van der Waals surface area contributed by atoms with Crippen LogP contribution in [-0.4, -0.2) is 17.5 Å². The number of aromatic nitrogens is 2. The van der Waals surface area contributed by atoms with E-state index in [0.717, 1.165) is 9.54 Å². The monoisotopic (exact) mass is 267 g/mol. The van der Waals surface area contributed by atoms with Crippen LogP contribution in [0, 0.1) is 6.92 Å². The zero-order chi connectivity index (χ0) is 13.3. The standard InChI is InChI=1S/C12H15N2O3S/c1-10-3-5-11(6-4-10)18(16,17)14-8-7-13(2)12(14)9-15/h3-8,15H,9H2,1-2H3/q+1. The summed E-state index contributed by atoms with van der Waals surface area (Å²) in [4.78, 5) is 0.207. The lowest BCUT2D eigenvalue weighted by molar-refractivity contribution is -0.680. The summed E-state index contributed by atoms with van der Waals surface area (Å²) < 4.78 is 27.4. The van der Waals surface area contributed by atoms with Gasteiger partial charge in [0.15, 0.2) is 0 Å². The summed E-state index contributed by atoms with van der Waals surface area (Å²) in [5.41, 5.74) is 0.995. The molecule has 1 aromatic carbocycles. The zero-order valence-electron chi connectivity index (χ0n) is 10.2. The van der Waals surface area contributed by atoms with Crippen LogP contribution in [0.2, 0.25) is 0 Å². The topological polar surface area (TPSA) is 63.2 Å². The molecule has 0 bridgehead atoms. The minimum absolute atomic E-state index is 0.207. The third-order valence-corrected chi connectivity index (χ3v) is 4.52. The fourth-order valence-corrected chi connectivity index (χ4v) is 3.10. The second kappa shape index (κ2) is 4.55. The first kappa shape index (κ1) is 12.8. The van der Waals surface area contributed by atoms with Gasteiger partial charge in [-0.1, -0.05) is 17.7 Å². The van der Waals surface area contributed by atoms with E-state index in [1.54, 1.807) is 42.1 Å². The van der Waals surface area contributed by atoms with Gasteiger partial charge in [-0.05, 0) is 19.1 Å². The molecule has 0 saturated carbocycles. The predicted molar refractivity (Wildman–Crippen MR) is 65.3 cm³/mol. The lowest BCUT2D eigenvalue weighted by Gasteiger charge is -2.03. The van der Waals surface area contributed by atoms with Gasteiger partial charge in [-0.2, -0.15) is 8.42 Å². The molecule has 0 spiro atoms. The first-order valence-electron chi connectivity index (χ1n) is 5.46. The molecule has 6 heteroatoms. The highest BCUT2D eigenvalue weighted by Gasteiger charge is 2.27. The highest BCUT2D eigenvalue weighted by Crippen LogP contribution is 2.15. The molecule has 0 saturated heterocycles. The van der Waals surface area contributed by atoms with Crippen LogP contribution in [0.4, 0.5) is 0 Å². The summed E-state index contributed by atoms with van der Waals surface area (Å²) in [7, 11) is -1.95. The average molecular weight is 267 g/mol. The van der Waals surface area contributed by atoms with E-state index in [1.165, 1.54) is 6.20 Å². The van der Waals surface area contributed by atoms with Gasteiger partial charge in [0, 0.05) is 0 Å². The molecule has 1 heterocycles. The first-order valence-corrected chi connectivity index (χ1v) is 6.90. The van der Waals surface area contributed by atoms with Crippen LogP contribution in [0.3, 0.4) is 0 Å². The Morgan fingerprint density at radius 3 is 2.44 bits per heavy atom. The molecular weight excluding hydrogens is 252 g/mol. The summed E-state index contributed by atoms with van der Waals surface area (Å²) in [6, 6.07) is 6.61. The van der Waals surface area contributed by atoms with E-state index in [0.29, 0.717) is 5.82 Å². The van der Waals surface area contributed by atoms with Crippen molar-refractivity contribution < 1.29 is 18.1 Å². The van der Waals surface area contributed by atoms with Gasteiger partial charge in [-0.25, -0.2) is 4.57 Å². The summed E-state index contributed by atoms with van der Waals surface area (Å²) in [6.07, 6.45) is 3.03. The highest BCUT2D eigenvalue weighted by atomic mass is 32.2. The maximum Gasteiger partial charge on any atom is 0.335 e. The van der Waals surface area contributed by atoms with E-state index in [4.69, 9.17) is 0 Å². The second-order valence-corrected chi connectivity index (χ2v) is 5.91. The van der Waals surface area contributed by atoms with Crippen molar-refractivity contribution in [2.24, 2.45) is 7.05 Å². The Kier molecular flexibility index (Phi) is 3.23. The van der Waals surface area contributed by atoms with Crippen LogP contribution in [0.25, 0.3) is 0 Å². The summed E-state index contributed by atoms with van der Waals surface area (Å²) in [5.74, 6) is 0.315. The maximum atomic E-state index is 12.4. The normalized spacial score (nSPS) is 11.7. The number of rotatable bonds is 3. The molecule has 2 rings (SSSR count). The van der Waals surface area contributed by atoms with Crippen molar-refractivity contribution in [1.82, 2.24) is 3.97 Å². The van der Waals surface area contributed by atoms with Crippen LogP contribution in [-0.2, 0) is 23.7 Å². The Bertz CT molecular complexity index is 657. The van der Waals surface area contributed by atoms with Crippen LogP contribution >= 0.6 is 0 Å². The van der Waals surface area contributed by atoms with Crippen LogP contribution < -0.4 is 4.57 Å². The molecule has 0 aliphatic carbocycles. The van der Waals surface area contributed by atoms with Gasteiger partial charge in [-0.15, -0.1) is 3.97 Å². The molecule has 0 aliphatic rings. The van der Waals surface area contributed by atoms with E-state index >= 15 is 0 Å². The van der Waals surface area contributed by atoms with Crippen molar-refractivity contribution in [2.75, 3.05) is 0 Å². The van der Waals surface area contributed by atoms with Gasteiger partial charge >= 0.3 is 10.0 Å². The summed E-state index contributed by atoms with van der Waals surface area (Å²) in [5, 5.41) is 9.24. The van der Waals surface area contributed by atoms with E-state index in [9.17, 15) is 13.5 Å². The van der Waals surface area contributed by atoms with Crippen molar-refractivity contribution in [1.29, 1.82) is 0 Å². The molecule has 2 aromatic rings. The molecule has 0 atom stereocenters. The number of hydrogen-bond acceptors (Lipinski definition) is 3. The smallest absolute Gasteiger partial charge is 0.335 e. The maximum absolute atomic E-state index is 12.4. The molecule has 18 heavy (non-hydrogen) atoms. The highest BCUT2D eigenvalue weighted by molar-refractivity contribution is 7.90. The van der Waals surface area contributed by atoms with Crippen LogP contribution in [0.1, 0.15) is 11.4 Å². The molecular formula is C12H15N2O3S+. The van der Waals surface area contributed by atoms with Crippen LogP contribution in [0.15, 0.2) is 41.6 Å². The number of aryl methyl sites for hydroxylation is 2. The third kappa shape index (κ3) is 2.04. The van der Waals surface area contributed by atoms with E-state index < -0.39 is 10.0 Å². The predicted octanol–water partition coefficient (Wildman–Crippen LogP) is 0.350. The number of aliphatic hydroxyl groups is 1. The Morgan fingerprint density at radius 1 is 1.28 bits per heavy atom. The molecule has 5 nitrogen and oxygen atoms in total. The van der Waals surface area contributed by atoms with Crippen molar-refractivity contribution in [3.05, 3.63) is 48.0 Å². The molecule has 0 aliphatic heterocycles. The second-order valence-electron chi connectivity index (χ2n) is 4.10.